The van der Waals surface area contributed by atoms with E-state index in [4.69, 9.17) is 9.97 Å². The first-order chi connectivity index (χ1) is 34.3. The molecule has 0 radical (unpaired) electrons. The molecule has 69 heavy (non-hydrogen) atoms. The van der Waals surface area contributed by atoms with Gasteiger partial charge in [-0.1, -0.05) is 188 Å². The molecule has 5 heterocycles. The van der Waals surface area contributed by atoms with Gasteiger partial charge in [-0.3, -0.25) is 9.13 Å². The molecule has 324 valence electrons. The Morgan fingerprint density at radius 2 is 0.768 bits per heavy atom. The number of para-hydroxylation sites is 5. The van der Waals surface area contributed by atoms with Gasteiger partial charge in [-0.15, -0.1) is 0 Å². The summed E-state index contributed by atoms with van der Waals surface area (Å²) in [5.74, 6) is 1.64. The molecule has 0 aliphatic heterocycles. The van der Waals surface area contributed by atoms with Crippen molar-refractivity contribution < 1.29 is 0 Å². The SMILES string of the molecule is C1=Cc2c(c3ccccc3n2-c2c(-n3c4ccccc4c4ccccc43)nc(-n3c4ccccc4c4ccccc43)c(-c3ccccc3)c2-c2cc(-c3ccccc3)cc(-c3ccccc3)n2)CC1. The van der Waals surface area contributed by atoms with Gasteiger partial charge in [-0.2, -0.15) is 0 Å². The third-order valence-corrected chi connectivity index (χ3v) is 14.1. The molecule has 0 bridgehead atoms. The zero-order chi connectivity index (χ0) is 45.4. The van der Waals surface area contributed by atoms with Crippen LogP contribution in [0, 0.1) is 0 Å². The Morgan fingerprint density at radius 3 is 1.32 bits per heavy atom. The molecule has 5 nitrogen and oxygen atoms in total. The molecule has 0 amide bonds. The van der Waals surface area contributed by atoms with E-state index >= 15 is 0 Å². The van der Waals surface area contributed by atoms with Crippen molar-refractivity contribution in [1.82, 2.24) is 23.7 Å². The lowest BCUT2D eigenvalue weighted by atomic mass is 9.93. The summed E-state index contributed by atoms with van der Waals surface area (Å²) in [7, 11) is 0. The van der Waals surface area contributed by atoms with Crippen LogP contribution in [-0.2, 0) is 6.42 Å². The Morgan fingerprint density at radius 1 is 0.333 bits per heavy atom. The van der Waals surface area contributed by atoms with Crippen LogP contribution in [-0.4, -0.2) is 23.7 Å². The fraction of sp³-hybridized carbons (Fsp3) is 0.0312. The van der Waals surface area contributed by atoms with E-state index in [9.17, 15) is 0 Å². The summed E-state index contributed by atoms with van der Waals surface area (Å²) in [5, 5.41) is 5.93. The predicted octanol–water partition coefficient (Wildman–Crippen LogP) is 16.2. The van der Waals surface area contributed by atoms with Crippen LogP contribution in [0.2, 0.25) is 0 Å². The Bertz CT molecular complexity index is 4010. The molecule has 0 saturated carbocycles. The maximum absolute atomic E-state index is 6.25. The smallest absolute Gasteiger partial charge is 0.165 e. The molecule has 8 aromatic carbocycles. The molecule has 0 atom stereocenters. The summed E-state index contributed by atoms with van der Waals surface area (Å²) in [5.41, 5.74) is 16.9. The van der Waals surface area contributed by atoms with E-state index in [1.54, 1.807) is 0 Å². The van der Waals surface area contributed by atoms with Gasteiger partial charge < -0.3 is 4.57 Å². The number of hydrogen-bond acceptors (Lipinski definition) is 2. The number of aryl methyl sites for hydroxylation is 1. The van der Waals surface area contributed by atoms with Crippen LogP contribution in [0.5, 0.6) is 0 Å². The van der Waals surface area contributed by atoms with Crippen molar-refractivity contribution in [3.8, 4) is 62.1 Å². The topological polar surface area (TPSA) is 40.6 Å². The van der Waals surface area contributed by atoms with Crippen LogP contribution >= 0.6 is 0 Å². The Hall–Kier alpha value is -9.06. The second-order valence-corrected chi connectivity index (χ2v) is 18.0. The molecule has 0 unspecified atom stereocenters. The molecule has 0 N–H and O–H groups in total. The fourth-order valence-corrected chi connectivity index (χ4v) is 11.2. The summed E-state index contributed by atoms with van der Waals surface area (Å²) >= 11 is 0. The maximum Gasteiger partial charge on any atom is 0.165 e. The maximum atomic E-state index is 6.25. The zero-order valence-electron chi connectivity index (χ0n) is 37.7. The van der Waals surface area contributed by atoms with Crippen molar-refractivity contribution in [3.63, 3.8) is 0 Å². The molecule has 1 aliphatic rings. The minimum absolute atomic E-state index is 0.814. The molecule has 1 aliphatic carbocycles. The first kappa shape index (κ1) is 39.1. The van der Waals surface area contributed by atoms with Crippen molar-refractivity contribution in [2.24, 2.45) is 0 Å². The lowest BCUT2D eigenvalue weighted by Gasteiger charge is -2.26. The fourth-order valence-electron chi connectivity index (χ4n) is 11.2. The minimum Gasteiger partial charge on any atom is -0.306 e. The molecule has 0 spiro atoms. The van der Waals surface area contributed by atoms with E-state index < -0.39 is 0 Å². The van der Waals surface area contributed by atoms with Gasteiger partial charge in [0.15, 0.2) is 5.82 Å². The van der Waals surface area contributed by atoms with Crippen molar-refractivity contribution in [2.45, 2.75) is 12.8 Å². The van der Waals surface area contributed by atoms with E-state index in [1.807, 2.05) is 0 Å². The highest BCUT2D eigenvalue weighted by Gasteiger charge is 2.32. The number of pyridine rings is 2. The number of nitrogens with zero attached hydrogens (tertiary/aromatic N) is 5. The standard InChI is InChI=1S/C64H43N5/c1-4-22-42(23-5-1)45-40-52(43-24-6-2-7-25-43)65-53(41-45)61-60(44-26-8-3-9-27-44)63(68-56-36-18-12-30-48(56)49-31-13-19-37-57(49)68)66-64(69-58-38-20-14-32-50(58)51-33-15-21-39-59(51)69)62(61)67-54-34-16-10-28-46(54)47-29-11-17-35-55(47)67/h1-10,12-28,30-41H,11,29H2. The molecule has 5 heteroatoms. The van der Waals surface area contributed by atoms with Crippen molar-refractivity contribution in [1.29, 1.82) is 0 Å². The average molecular weight is 882 g/mol. The molecule has 14 rings (SSSR count). The van der Waals surface area contributed by atoms with Crippen molar-refractivity contribution in [3.05, 3.63) is 242 Å². The number of allylic oxidation sites excluding steroid dienone is 1. The highest BCUT2D eigenvalue weighted by atomic mass is 15.2. The molecule has 13 aromatic rings. The second-order valence-electron chi connectivity index (χ2n) is 18.0. The number of fused-ring (bicyclic) bond motifs is 9. The first-order valence-corrected chi connectivity index (χ1v) is 23.8. The monoisotopic (exact) mass is 881 g/mol. The number of rotatable bonds is 7. The molecule has 0 fully saturated rings. The van der Waals surface area contributed by atoms with Gasteiger partial charge in [0.2, 0.25) is 0 Å². The van der Waals surface area contributed by atoms with Crippen LogP contribution in [0.3, 0.4) is 0 Å². The highest BCUT2D eigenvalue weighted by molar-refractivity contribution is 6.12. The van der Waals surface area contributed by atoms with Gasteiger partial charge in [-0.25, -0.2) is 9.97 Å². The largest absolute Gasteiger partial charge is 0.306 e. The van der Waals surface area contributed by atoms with E-state index in [-0.39, 0.29) is 0 Å². The van der Waals surface area contributed by atoms with Gasteiger partial charge in [0.05, 0.1) is 39.0 Å². The van der Waals surface area contributed by atoms with Crippen LogP contribution in [0.4, 0.5) is 0 Å². The lowest BCUT2D eigenvalue weighted by Crippen LogP contribution is -2.15. The Labute approximate surface area is 399 Å². The predicted molar refractivity (Wildman–Crippen MR) is 287 cm³/mol. The van der Waals surface area contributed by atoms with Crippen molar-refractivity contribution >= 4 is 60.6 Å². The van der Waals surface area contributed by atoms with Gasteiger partial charge in [0.1, 0.15) is 11.5 Å². The zero-order valence-corrected chi connectivity index (χ0v) is 37.7. The molecular formula is C64H43N5. The summed E-state index contributed by atoms with van der Waals surface area (Å²) in [6, 6.07) is 80.8. The molecule has 5 aromatic heterocycles. The summed E-state index contributed by atoms with van der Waals surface area (Å²) in [6.45, 7) is 0. The molecular weight excluding hydrogens is 839 g/mol. The lowest BCUT2D eigenvalue weighted by molar-refractivity contribution is 0.943. The van der Waals surface area contributed by atoms with Crippen LogP contribution < -0.4 is 0 Å². The third kappa shape index (κ3) is 6.10. The minimum atomic E-state index is 0.814. The normalized spacial score (nSPS) is 12.5. The number of aromatic nitrogens is 5. The third-order valence-electron chi connectivity index (χ3n) is 14.1. The highest BCUT2D eigenvalue weighted by Crippen LogP contribution is 2.49. The van der Waals surface area contributed by atoms with Crippen LogP contribution in [0.15, 0.2) is 231 Å². The molecule has 0 saturated heterocycles. The summed E-state index contributed by atoms with van der Waals surface area (Å²) in [6.07, 6.45) is 6.59. The van der Waals surface area contributed by atoms with Gasteiger partial charge in [0, 0.05) is 49.3 Å². The van der Waals surface area contributed by atoms with Crippen LogP contribution in [0.1, 0.15) is 17.7 Å². The Kier molecular flexibility index (Phi) is 8.96. The average Bonchev–Trinajstić information content (AvgIpc) is 4.07. The summed E-state index contributed by atoms with van der Waals surface area (Å²) in [4.78, 5) is 12.1. The first-order valence-electron chi connectivity index (χ1n) is 23.8. The quantitative estimate of drug-likeness (QED) is 0.160. The number of hydrogen-bond donors (Lipinski definition) is 0. The summed E-state index contributed by atoms with van der Waals surface area (Å²) < 4.78 is 7.34. The van der Waals surface area contributed by atoms with Crippen molar-refractivity contribution in [2.75, 3.05) is 0 Å². The van der Waals surface area contributed by atoms with Gasteiger partial charge in [0.25, 0.3) is 0 Å². The van der Waals surface area contributed by atoms with Gasteiger partial charge in [-0.05, 0) is 83.6 Å². The van der Waals surface area contributed by atoms with Gasteiger partial charge >= 0.3 is 0 Å². The van der Waals surface area contributed by atoms with E-state index in [2.05, 4.69) is 250 Å². The van der Waals surface area contributed by atoms with Crippen LogP contribution in [0.25, 0.3) is 123 Å². The van der Waals surface area contributed by atoms with E-state index in [1.165, 1.54) is 38.2 Å². The van der Waals surface area contributed by atoms with E-state index in [0.29, 0.717) is 0 Å². The second kappa shape index (κ2) is 15.8. The van der Waals surface area contributed by atoms with E-state index in [0.717, 1.165) is 103 Å². The Balaban J connectivity index is 1.28. The number of benzene rings is 8.